The highest BCUT2D eigenvalue weighted by atomic mass is 19.4. The van der Waals surface area contributed by atoms with Gasteiger partial charge in [0.2, 0.25) is 11.8 Å². The van der Waals surface area contributed by atoms with Gasteiger partial charge in [0.1, 0.15) is 0 Å². The van der Waals surface area contributed by atoms with E-state index in [0.717, 1.165) is 6.61 Å². The zero-order valence-corrected chi connectivity index (χ0v) is 49.3. The van der Waals surface area contributed by atoms with E-state index in [1.165, 1.54) is 12.8 Å². The van der Waals surface area contributed by atoms with Crippen LogP contribution in [0.15, 0.2) is 0 Å². The van der Waals surface area contributed by atoms with Crippen LogP contribution in [-0.2, 0) is 14.2 Å². The predicted octanol–water partition coefficient (Wildman–Crippen LogP) is 17.7. The molecule has 0 aromatic carbocycles. The molecule has 6 fully saturated rings. The fourth-order valence-electron chi connectivity index (χ4n) is 8.81. The molecule has 0 bridgehead atoms. The standard InChI is InChI=1S/C11H19F3O.2C10H18F2O.C9H15F3O.C9H18O.C8H14F2O/c1-9(2,3)10(15)6-4-8(5-7-10)11(12,13)14;1-9(2,3)13-8-4-6-10(11,12)7-5-8;1-8(2,3)9(13)4-6-10(11,12)7-5-9;1-7(2,3)6(13)8(4-5-8)9(10,11)12;1-8(2,3)10-7-9(4)5-6-9;1-7(2,3)11-5-6-4-8(6,9)10/h8,15H,4-7H2,1-3H3;8H,4-7H2,1-3H3;13H,4-7H2,1-3H3;6,13H,4-5H2,1-3H3;5-7H2,1-4H3;6H,4-5H2,1-3H3. The van der Waals surface area contributed by atoms with Gasteiger partial charge in [0.05, 0.1) is 70.7 Å². The average molecular weight is 1110 g/mol. The zero-order valence-electron chi connectivity index (χ0n) is 49.3. The molecule has 0 aromatic rings. The van der Waals surface area contributed by atoms with Crippen LogP contribution in [0.4, 0.5) is 52.7 Å². The second kappa shape index (κ2) is 25.0. The first-order chi connectivity index (χ1) is 32.9. The van der Waals surface area contributed by atoms with Crippen molar-refractivity contribution in [1.82, 2.24) is 0 Å². The molecule has 18 heteroatoms. The summed E-state index contributed by atoms with van der Waals surface area (Å²) in [6.07, 6.45) is -5.18. The summed E-state index contributed by atoms with van der Waals surface area (Å²) in [4.78, 5) is 0. The van der Waals surface area contributed by atoms with Gasteiger partial charge in [0.15, 0.2) is 0 Å². The van der Waals surface area contributed by atoms with Crippen LogP contribution in [-0.4, -0.2) is 98.9 Å². The van der Waals surface area contributed by atoms with Gasteiger partial charge >= 0.3 is 12.4 Å². The van der Waals surface area contributed by atoms with Crippen molar-refractivity contribution in [1.29, 1.82) is 0 Å². The number of aliphatic hydroxyl groups is 3. The molecule has 6 aliphatic carbocycles. The van der Waals surface area contributed by atoms with E-state index in [0.29, 0.717) is 18.3 Å². The minimum Gasteiger partial charge on any atom is -0.392 e. The minimum absolute atomic E-state index is 0.00306. The predicted molar refractivity (Wildman–Crippen MR) is 273 cm³/mol. The molecule has 0 heterocycles. The van der Waals surface area contributed by atoms with E-state index in [9.17, 15) is 68.0 Å². The highest BCUT2D eigenvalue weighted by Gasteiger charge is 2.69. The summed E-state index contributed by atoms with van der Waals surface area (Å²) in [7, 11) is 0. The molecule has 0 aliphatic heterocycles. The van der Waals surface area contributed by atoms with Gasteiger partial charge in [-0.15, -0.1) is 0 Å². The van der Waals surface area contributed by atoms with E-state index < -0.39 is 70.1 Å². The summed E-state index contributed by atoms with van der Waals surface area (Å²) in [6, 6.07) is 0. The van der Waals surface area contributed by atoms with Gasteiger partial charge in [-0.2, -0.15) is 26.3 Å². The Bertz CT molecular complexity index is 1660. The van der Waals surface area contributed by atoms with Crippen LogP contribution < -0.4 is 0 Å². The van der Waals surface area contributed by atoms with Gasteiger partial charge in [0, 0.05) is 32.1 Å². The summed E-state index contributed by atoms with van der Waals surface area (Å²) in [5, 5.41) is 29.9. The van der Waals surface area contributed by atoms with Crippen LogP contribution in [0.1, 0.15) is 241 Å². The molecule has 0 spiro atoms. The van der Waals surface area contributed by atoms with Crippen LogP contribution in [0.25, 0.3) is 0 Å². The molecule has 0 radical (unpaired) electrons. The van der Waals surface area contributed by atoms with E-state index in [1.807, 2.05) is 83.1 Å². The monoisotopic (exact) mass is 1110 g/mol. The molecule has 6 nitrogen and oxygen atoms in total. The van der Waals surface area contributed by atoms with Crippen LogP contribution in [0.2, 0.25) is 0 Å². The number of hydrogen-bond donors (Lipinski definition) is 3. The van der Waals surface area contributed by atoms with Gasteiger partial charge in [0.25, 0.3) is 5.92 Å². The first-order valence-corrected chi connectivity index (χ1v) is 27.2. The van der Waals surface area contributed by atoms with Crippen molar-refractivity contribution in [2.45, 2.75) is 311 Å². The first kappa shape index (κ1) is 71.9. The minimum atomic E-state index is -4.26. The number of hydrogen-bond acceptors (Lipinski definition) is 6. The maximum atomic E-state index is 12.8. The molecule has 2 unspecified atom stereocenters. The van der Waals surface area contributed by atoms with E-state index in [1.54, 1.807) is 20.8 Å². The van der Waals surface area contributed by atoms with E-state index in [4.69, 9.17) is 14.2 Å². The van der Waals surface area contributed by atoms with Crippen LogP contribution in [0.3, 0.4) is 0 Å². The molecule has 2 atom stereocenters. The lowest BCUT2D eigenvalue weighted by atomic mass is 9.66. The quantitative estimate of drug-likeness (QED) is 0.230. The third-order valence-electron chi connectivity index (χ3n) is 15.4. The van der Waals surface area contributed by atoms with Crippen LogP contribution >= 0.6 is 0 Å². The van der Waals surface area contributed by atoms with E-state index in [2.05, 4.69) is 27.7 Å². The summed E-state index contributed by atoms with van der Waals surface area (Å²) in [5.74, 6) is -9.19. The molecule has 3 N–H and O–H groups in total. The van der Waals surface area contributed by atoms with Gasteiger partial charge in [-0.1, -0.05) is 69.2 Å². The molecule has 0 aromatic heterocycles. The third-order valence-corrected chi connectivity index (χ3v) is 15.4. The Morgan fingerprint density at radius 1 is 0.493 bits per heavy atom. The molecular weight excluding hydrogens is 1010 g/mol. The topological polar surface area (TPSA) is 88.4 Å². The molecule has 75 heavy (non-hydrogen) atoms. The lowest BCUT2D eigenvalue weighted by Crippen LogP contribution is -2.47. The highest BCUT2D eigenvalue weighted by molar-refractivity contribution is 5.07. The Hall–Kier alpha value is -1.08. The van der Waals surface area contributed by atoms with Gasteiger partial charge in [-0.05, 0) is 161 Å². The summed E-state index contributed by atoms with van der Waals surface area (Å²) in [6.45, 7) is 37.4. The summed E-state index contributed by atoms with van der Waals surface area (Å²) >= 11 is 0. The maximum absolute atomic E-state index is 12.8. The van der Waals surface area contributed by atoms with Crippen molar-refractivity contribution in [2.75, 3.05) is 13.2 Å². The van der Waals surface area contributed by atoms with E-state index >= 15 is 0 Å². The van der Waals surface area contributed by atoms with Crippen molar-refractivity contribution < 1.29 is 82.2 Å². The first-order valence-electron chi connectivity index (χ1n) is 27.2. The zero-order chi connectivity index (χ0) is 59.4. The lowest BCUT2D eigenvalue weighted by molar-refractivity contribution is -0.227. The van der Waals surface area contributed by atoms with Gasteiger partial charge in [-0.3, -0.25) is 0 Å². The summed E-state index contributed by atoms with van der Waals surface area (Å²) < 4.78 is 167. The second-order valence-electron chi connectivity index (χ2n) is 29.2. The highest BCUT2D eigenvalue weighted by Crippen LogP contribution is 2.62. The molecule has 6 aliphatic rings. The second-order valence-corrected chi connectivity index (χ2v) is 29.2. The van der Waals surface area contributed by atoms with Crippen LogP contribution in [0.5, 0.6) is 0 Å². The van der Waals surface area contributed by atoms with Crippen molar-refractivity contribution in [3.05, 3.63) is 0 Å². The number of alkyl halides is 12. The largest absolute Gasteiger partial charge is 0.396 e. The Balaban J connectivity index is 0.000000452. The normalized spacial score (nSPS) is 27.3. The fourth-order valence-corrected chi connectivity index (χ4v) is 8.81. The molecule has 6 saturated carbocycles. The SMILES string of the molecule is CC(C)(C)C(O)C1(C(F)(F)F)CC1.CC(C)(C)C1(O)CCC(C(F)(F)F)CC1.CC(C)(C)C1(O)CCC(F)(F)CC1.CC(C)(C)OC1CCC(F)(F)CC1.CC(C)(C)OCC1CC1(F)F.CC1(COC(C)(C)C)CC1. The Labute approximate surface area is 444 Å². The Morgan fingerprint density at radius 3 is 1.13 bits per heavy atom. The number of aliphatic hydroxyl groups excluding tert-OH is 1. The van der Waals surface area contributed by atoms with Gasteiger partial charge in [-0.25, -0.2) is 26.3 Å². The smallest absolute Gasteiger partial charge is 0.392 e. The number of rotatable bonds is 6. The van der Waals surface area contributed by atoms with Crippen molar-refractivity contribution in [3.8, 4) is 0 Å². The van der Waals surface area contributed by atoms with E-state index in [-0.39, 0.29) is 124 Å². The fraction of sp³-hybridized carbons (Fsp3) is 1.00. The maximum Gasteiger partial charge on any atom is 0.396 e. The average Bonchev–Trinajstić information content (AvgIpc) is 4.13. The molecule has 0 amide bonds. The molecular formula is C57H102F12O6. The molecule has 0 saturated heterocycles. The van der Waals surface area contributed by atoms with Crippen molar-refractivity contribution in [3.63, 3.8) is 0 Å². The third kappa shape index (κ3) is 25.9. The number of halogens is 12. The Kier molecular flexibility index (Phi) is 23.9. The Morgan fingerprint density at radius 2 is 0.867 bits per heavy atom. The lowest BCUT2D eigenvalue weighted by Gasteiger charge is -2.45. The van der Waals surface area contributed by atoms with Crippen molar-refractivity contribution >= 4 is 0 Å². The molecule has 6 rings (SSSR count). The summed E-state index contributed by atoms with van der Waals surface area (Å²) in [5.41, 5.74) is -4.93. The molecule has 450 valence electrons. The van der Waals surface area contributed by atoms with Crippen LogP contribution in [0, 0.1) is 38.9 Å². The van der Waals surface area contributed by atoms with Crippen molar-refractivity contribution in [2.24, 2.45) is 38.9 Å². The van der Waals surface area contributed by atoms with Gasteiger partial charge < -0.3 is 29.5 Å². The number of ether oxygens (including phenoxy) is 3.